The number of nitrogens with zero attached hydrogens (tertiary/aromatic N) is 3. The fourth-order valence-corrected chi connectivity index (χ4v) is 7.20. The lowest BCUT2D eigenvalue weighted by Gasteiger charge is -2.36. The van der Waals surface area contributed by atoms with Gasteiger partial charge in [0.15, 0.2) is 0 Å². The summed E-state index contributed by atoms with van der Waals surface area (Å²) in [6, 6.07) is 20.1. The van der Waals surface area contributed by atoms with Gasteiger partial charge in [0.2, 0.25) is 6.41 Å². The zero-order valence-electron chi connectivity index (χ0n) is 23.0. The number of aromatic nitrogens is 3. The summed E-state index contributed by atoms with van der Waals surface area (Å²) in [5.41, 5.74) is 4.16. The van der Waals surface area contributed by atoms with Crippen LogP contribution in [-0.2, 0) is 4.79 Å². The topological polar surface area (TPSA) is 100 Å². The molecule has 8 nitrogen and oxygen atoms in total. The first-order valence-electron chi connectivity index (χ1n) is 14.9. The number of hydrogen-bond donors (Lipinski definition) is 2. The molecule has 2 aromatic heterocycles. The third-order valence-corrected chi connectivity index (χ3v) is 9.29. The van der Waals surface area contributed by atoms with Crippen molar-refractivity contribution in [2.45, 2.75) is 75.6 Å². The molecule has 2 saturated heterocycles. The summed E-state index contributed by atoms with van der Waals surface area (Å²) in [5, 5.41) is 11.9. The van der Waals surface area contributed by atoms with E-state index < -0.39 is 0 Å². The molecule has 2 amide bonds. The van der Waals surface area contributed by atoms with E-state index in [9.17, 15) is 9.59 Å². The average Bonchev–Trinajstić information content (AvgIpc) is 3.75. The number of benzene rings is 2. The molecule has 210 valence electrons. The predicted octanol–water partition coefficient (Wildman–Crippen LogP) is 5.82. The maximum Gasteiger partial charge on any atom is 0.251 e. The molecular weight excluding hydrogens is 514 g/mol. The molecule has 2 N–H and O–H groups in total. The van der Waals surface area contributed by atoms with E-state index in [1.54, 1.807) is 6.20 Å². The lowest BCUT2D eigenvalue weighted by molar-refractivity contribution is -0.123. The number of fused-ring (bicyclic) bond motifs is 3. The van der Waals surface area contributed by atoms with E-state index in [1.807, 2.05) is 65.6 Å². The first kappa shape index (κ1) is 25.7. The maximum atomic E-state index is 13.5. The second-order valence-electron chi connectivity index (χ2n) is 11.8. The number of aromatic amines is 1. The van der Waals surface area contributed by atoms with Crippen LogP contribution in [0, 0.1) is 5.92 Å². The molecular formula is C33H35N5O3. The van der Waals surface area contributed by atoms with Crippen molar-refractivity contribution in [3.05, 3.63) is 78.1 Å². The molecule has 0 radical (unpaired) electrons. The van der Waals surface area contributed by atoms with E-state index in [0.29, 0.717) is 23.6 Å². The predicted molar refractivity (Wildman–Crippen MR) is 156 cm³/mol. The van der Waals surface area contributed by atoms with Crippen LogP contribution in [0.5, 0.6) is 5.75 Å². The molecule has 7 rings (SSSR count). The van der Waals surface area contributed by atoms with Crippen LogP contribution in [-0.4, -0.2) is 50.6 Å². The number of rotatable bonds is 8. The second-order valence-corrected chi connectivity index (χ2v) is 11.8. The molecule has 1 saturated carbocycles. The highest BCUT2D eigenvalue weighted by molar-refractivity contribution is 6.01. The van der Waals surface area contributed by atoms with E-state index in [0.717, 1.165) is 78.5 Å². The van der Waals surface area contributed by atoms with Gasteiger partial charge in [-0.15, -0.1) is 0 Å². The number of piperidine rings is 1. The Balaban J connectivity index is 1.08. The molecule has 4 heterocycles. The van der Waals surface area contributed by atoms with Crippen molar-refractivity contribution >= 4 is 23.2 Å². The monoisotopic (exact) mass is 549 g/mol. The lowest BCUT2D eigenvalue weighted by Crippen LogP contribution is -2.45. The molecule has 2 aromatic carbocycles. The van der Waals surface area contributed by atoms with E-state index in [4.69, 9.17) is 4.74 Å². The molecule has 3 fully saturated rings. The SMILES string of the molecule is O=CN1C2CCC1CC(Oc1ccc(-c3n[nH]c4ccc(C(=O)N[C@H](c5ccccn5)C5CCCC5)cc34)cc1)C2. The second kappa shape index (κ2) is 11.0. The number of carbonyl (C=O) groups is 2. The molecule has 3 atom stereocenters. The van der Waals surface area contributed by atoms with E-state index in [1.165, 1.54) is 12.8 Å². The molecule has 8 heteroatoms. The van der Waals surface area contributed by atoms with Crippen molar-refractivity contribution < 1.29 is 14.3 Å². The zero-order valence-corrected chi connectivity index (χ0v) is 23.0. The van der Waals surface area contributed by atoms with Crippen LogP contribution in [0.15, 0.2) is 66.9 Å². The fraction of sp³-hybridized carbons (Fsp3) is 0.394. The zero-order chi connectivity index (χ0) is 27.8. The number of nitrogens with one attached hydrogen (secondary N) is 2. The number of ether oxygens (including phenoxy) is 1. The van der Waals surface area contributed by atoms with Gasteiger partial charge in [0.25, 0.3) is 5.91 Å². The average molecular weight is 550 g/mol. The number of H-pyrrole nitrogens is 1. The van der Waals surface area contributed by atoms with Gasteiger partial charge in [0.05, 0.1) is 22.9 Å². The van der Waals surface area contributed by atoms with Crippen molar-refractivity contribution in [2.75, 3.05) is 0 Å². The Hall–Kier alpha value is -4.20. The summed E-state index contributed by atoms with van der Waals surface area (Å²) < 4.78 is 6.33. The first-order valence-corrected chi connectivity index (χ1v) is 14.9. The van der Waals surface area contributed by atoms with Crippen molar-refractivity contribution in [3.63, 3.8) is 0 Å². The summed E-state index contributed by atoms with van der Waals surface area (Å²) in [5.74, 6) is 1.13. The summed E-state index contributed by atoms with van der Waals surface area (Å²) in [6.45, 7) is 0. The van der Waals surface area contributed by atoms with Crippen molar-refractivity contribution in [3.8, 4) is 17.0 Å². The van der Waals surface area contributed by atoms with Crippen molar-refractivity contribution in [2.24, 2.45) is 5.92 Å². The van der Waals surface area contributed by atoms with Crippen LogP contribution < -0.4 is 10.1 Å². The van der Waals surface area contributed by atoms with Gasteiger partial charge in [-0.05, 0) is 86.2 Å². The van der Waals surface area contributed by atoms with Gasteiger partial charge in [-0.2, -0.15) is 5.10 Å². The van der Waals surface area contributed by atoms with Gasteiger partial charge in [0, 0.05) is 47.6 Å². The highest BCUT2D eigenvalue weighted by Crippen LogP contribution is 2.37. The van der Waals surface area contributed by atoms with E-state index in [-0.39, 0.29) is 18.1 Å². The number of amides is 2. The number of pyridine rings is 1. The minimum absolute atomic E-state index is 0.0973. The molecule has 2 unspecified atom stereocenters. The van der Waals surface area contributed by atoms with E-state index in [2.05, 4.69) is 20.5 Å². The smallest absolute Gasteiger partial charge is 0.251 e. The molecule has 2 aliphatic heterocycles. The molecule has 0 spiro atoms. The first-order chi connectivity index (χ1) is 20.2. The van der Waals surface area contributed by atoms with Gasteiger partial charge >= 0.3 is 0 Å². The Bertz CT molecular complexity index is 1520. The van der Waals surface area contributed by atoms with E-state index >= 15 is 0 Å². The van der Waals surface area contributed by atoms with Gasteiger partial charge in [0.1, 0.15) is 11.9 Å². The quantitative estimate of drug-likeness (QED) is 0.270. The van der Waals surface area contributed by atoms with Crippen LogP contribution in [0.2, 0.25) is 0 Å². The normalized spacial score (nSPS) is 23.0. The van der Waals surface area contributed by atoms with Crippen LogP contribution >= 0.6 is 0 Å². The van der Waals surface area contributed by atoms with Gasteiger partial charge in [-0.25, -0.2) is 0 Å². The molecule has 4 aromatic rings. The maximum absolute atomic E-state index is 13.5. The Morgan fingerprint density at radius 3 is 2.49 bits per heavy atom. The Morgan fingerprint density at radius 1 is 1.00 bits per heavy atom. The number of carbonyl (C=O) groups excluding carboxylic acids is 2. The van der Waals surface area contributed by atoms with Crippen LogP contribution in [0.4, 0.5) is 0 Å². The molecule has 2 bridgehead atoms. The van der Waals surface area contributed by atoms with Gasteiger partial charge in [-0.3, -0.25) is 19.7 Å². The van der Waals surface area contributed by atoms with Crippen LogP contribution in [0.1, 0.15) is 73.5 Å². The summed E-state index contributed by atoms with van der Waals surface area (Å²) in [6.07, 6.45) is 11.4. The number of hydrogen-bond acceptors (Lipinski definition) is 5. The summed E-state index contributed by atoms with van der Waals surface area (Å²) in [7, 11) is 0. The fourth-order valence-electron chi connectivity index (χ4n) is 7.20. The summed E-state index contributed by atoms with van der Waals surface area (Å²) in [4.78, 5) is 31.5. The Kier molecular flexibility index (Phi) is 6.90. The largest absolute Gasteiger partial charge is 0.490 e. The van der Waals surface area contributed by atoms with Gasteiger partial charge < -0.3 is 15.0 Å². The standard InChI is InChI=1S/C33H35N5O3/c39-20-38-24-11-12-25(38)19-27(18-24)41-26-13-8-22(9-14-26)31-28-17-23(10-15-29(28)36-37-31)33(40)35-32(21-5-1-2-6-21)30-7-3-4-16-34-30/h3-4,7-10,13-17,20-21,24-25,27,32H,1-2,5-6,11-12,18-19H2,(H,35,40)(H,36,37)/t24?,25?,27?,32-/m0/s1. The minimum atomic E-state index is -0.0980. The van der Waals surface area contributed by atoms with Crippen LogP contribution in [0.25, 0.3) is 22.2 Å². The third-order valence-electron chi connectivity index (χ3n) is 9.29. The summed E-state index contributed by atoms with van der Waals surface area (Å²) >= 11 is 0. The van der Waals surface area contributed by atoms with Gasteiger partial charge in [-0.1, -0.05) is 18.9 Å². The highest BCUT2D eigenvalue weighted by atomic mass is 16.5. The molecule has 3 aliphatic rings. The minimum Gasteiger partial charge on any atom is -0.490 e. The third kappa shape index (κ3) is 5.07. The lowest BCUT2D eigenvalue weighted by atomic mass is 9.94. The van der Waals surface area contributed by atoms with Crippen molar-refractivity contribution in [1.82, 2.24) is 25.4 Å². The molecule has 41 heavy (non-hydrogen) atoms. The van der Waals surface area contributed by atoms with Crippen LogP contribution in [0.3, 0.4) is 0 Å². The van der Waals surface area contributed by atoms with Crippen molar-refractivity contribution in [1.29, 1.82) is 0 Å². The highest BCUT2D eigenvalue weighted by Gasteiger charge is 2.40. The Labute approximate surface area is 239 Å². The molecule has 1 aliphatic carbocycles. The Morgan fingerprint density at radius 2 is 1.78 bits per heavy atom.